The molecule has 0 bridgehead atoms. The van der Waals surface area contributed by atoms with Gasteiger partial charge in [0.05, 0.1) is 12.8 Å². The standard InChI is InChI=1S/C7H13O5P/c1-3-12-7(8)6(2)4-5-13(9,10)11/h2-5H2,1H3,(H2,9,10,11). The van der Waals surface area contributed by atoms with Gasteiger partial charge in [-0.2, -0.15) is 0 Å². The van der Waals surface area contributed by atoms with Crippen LogP contribution in [0.25, 0.3) is 0 Å². The molecule has 0 saturated carbocycles. The maximum atomic E-state index is 10.9. The Bertz CT molecular complexity index is 241. The summed E-state index contributed by atoms with van der Waals surface area (Å²) in [6.45, 7) is 5.24. The third-order valence-corrected chi connectivity index (χ3v) is 2.08. The molecule has 0 radical (unpaired) electrons. The Hall–Kier alpha value is -0.640. The van der Waals surface area contributed by atoms with Gasteiger partial charge in [-0.1, -0.05) is 6.58 Å². The average molecular weight is 208 g/mol. The smallest absolute Gasteiger partial charge is 0.333 e. The van der Waals surface area contributed by atoms with Gasteiger partial charge in [0, 0.05) is 5.57 Å². The van der Waals surface area contributed by atoms with E-state index in [1.165, 1.54) is 0 Å². The molecule has 0 rings (SSSR count). The van der Waals surface area contributed by atoms with E-state index in [0.717, 1.165) is 0 Å². The highest BCUT2D eigenvalue weighted by Crippen LogP contribution is 2.35. The lowest BCUT2D eigenvalue weighted by atomic mass is 10.2. The number of esters is 1. The molecule has 0 aliphatic carbocycles. The zero-order valence-electron chi connectivity index (χ0n) is 7.39. The summed E-state index contributed by atoms with van der Waals surface area (Å²) < 4.78 is 15.0. The van der Waals surface area contributed by atoms with Gasteiger partial charge in [-0.15, -0.1) is 0 Å². The maximum Gasteiger partial charge on any atom is 0.333 e. The zero-order valence-corrected chi connectivity index (χ0v) is 8.29. The Kier molecular flexibility index (Phi) is 4.91. The average Bonchev–Trinajstić information content (AvgIpc) is 1.99. The quantitative estimate of drug-likeness (QED) is 0.394. The summed E-state index contributed by atoms with van der Waals surface area (Å²) in [7, 11) is -4.05. The Labute approximate surface area is 76.6 Å². The number of hydrogen-bond donors (Lipinski definition) is 2. The van der Waals surface area contributed by atoms with Crippen LogP contribution in [0.4, 0.5) is 0 Å². The molecule has 0 saturated heterocycles. The lowest BCUT2D eigenvalue weighted by molar-refractivity contribution is -0.138. The predicted molar refractivity (Wildman–Crippen MR) is 47.3 cm³/mol. The number of ether oxygens (including phenoxy) is 1. The SMILES string of the molecule is C=C(CCP(=O)(O)O)C(=O)OCC. The highest BCUT2D eigenvalue weighted by atomic mass is 31.2. The lowest BCUT2D eigenvalue weighted by Gasteiger charge is -2.05. The minimum atomic E-state index is -4.05. The van der Waals surface area contributed by atoms with Gasteiger partial charge in [-0.25, -0.2) is 4.79 Å². The number of carbonyl (C=O) groups is 1. The van der Waals surface area contributed by atoms with Crippen molar-refractivity contribution in [3.05, 3.63) is 12.2 Å². The fraction of sp³-hybridized carbons (Fsp3) is 0.571. The second kappa shape index (κ2) is 5.17. The molecule has 76 valence electrons. The van der Waals surface area contributed by atoms with Gasteiger partial charge in [0.1, 0.15) is 0 Å². The Morgan fingerprint density at radius 2 is 2.08 bits per heavy atom. The first-order valence-electron chi connectivity index (χ1n) is 3.76. The molecule has 0 aliphatic rings. The van der Waals surface area contributed by atoms with Crippen LogP contribution in [0.5, 0.6) is 0 Å². The molecule has 0 aromatic heterocycles. The molecule has 6 heteroatoms. The molecule has 2 N–H and O–H groups in total. The summed E-state index contributed by atoms with van der Waals surface area (Å²) in [5.41, 5.74) is 0.0881. The molecule has 13 heavy (non-hydrogen) atoms. The fourth-order valence-corrected chi connectivity index (χ4v) is 1.18. The number of carbonyl (C=O) groups excluding carboxylic acids is 1. The van der Waals surface area contributed by atoms with Crippen LogP contribution in [-0.2, 0) is 14.1 Å². The number of hydrogen-bond acceptors (Lipinski definition) is 3. The largest absolute Gasteiger partial charge is 0.463 e. The van der Waals surface area contributed by atoms with Crippen LogP contribution >= 0.6 is 7.60 Å². The Balaban J connectivity index is 3.89. The van der Waals surface area contributed by atoms with Gasteiger partial charge in [0.25, 0.3) is 0 Å². The van der Waals surface area contributed by atoms with E-state index in [4.69, 9.17) is 9.79 Å². The molecule has 5 nitrogen and oxygen atoms in total. The number of rotatable bonds is 5. The summed E-state index contributed by atoms with van der Waals surface area (Å²) >= 11 is 0. The summed E-state index contributed by atoms with van der Waals surface area (Å²) in [6, 6.07) is 0. The molecule has 0 unspecified atom stereocenters. The maximum absolute atomic E-state index is 10.9. The van der Waals surface area contributed by atoms with E-state index in [2.05, 4.69) is 11.3 Å². The van der Waals surface area contributed by atoms with Crippen LogP contribution in [0.1, 0.15) is 13.3 Å². The van der Waals surface area contributed by atoms with E-state index in [9.17, 15) is 9.36 Å². The minimum absolute atomic E-state index is 0.0386. The van der Waals surface area contributed by atoms with Crippen LogP contribution in [0, 0.1) is 0 Å². The van der Waals surface area contributed by atoms with Gasteiger partial charge in [-0.3, -0.25) is 4.57 Å². The lowest BCUT2D eigenvalue weighted by Crippen LogP contribution is -2.07. The molecule has 0 atom stereocenters. The molecule has 0 aromatic carbocycles. The molecular weight excluding hydrogens is 195 g/mol. The third-order valence-electron chi connectivity index (χ3n) is 1.27. The molecule has 0 amide bonds. The molecule has 0 fully saturated rings. The molecular formula is C7H13O5P. The molecule has 0 heterocycles. The van der Waals surface area contributed by atoms with E-state index in [1.807, 2.05) is 0 Å². The van der Waals surface area contributed by atoms with Crippen LogP contribution < -0.4 is 0 Å². The topological polar surface area (TPSA) is 83.8 Å². The first-order chi connectivity index (χ1) is 5.87. The Morgan fingerprint density at radius 3 is 2.46 bits per heavy atom. The van der Waals surface area contributed by atoms with Gasteiger partial charge >= 0.3 is 13.6 Å². The Morgan fingerprint density at radius 1 is 1.54 bits per heavy atom. The first-order valence-corrected chi connectivity index (χ1v) is 5.56. The predicted octanol–water partition coefficient (Wildman–Crippen LogP) is 0.674. The summed E-state index contributed by atoms with van der Waals surface area (Å²) in [5.74, 6) is -0.601. The van der Waals surface area contributed by atoms with Crippen molar-refractivity contribution in [3.8, 4) is 0 Å². The van der Waals surface area contributed by atoms with Crippen LogP contribution in [0.15, 0.2) is 12.2 Å². The summed E-state index contributed by atoms with van der Waals surface area (Å²) in [5, 5.41) is 0. The van der Waals surface area contributed by atoms with Crippen molar-refractivity contribution in [2.45, 2.75) is 13.3 Å². The third kappa shape index (κ3) is 6.51. The van der Waals surface area contributed by atoms with Crippen molar-refractivity contribution in [1.82, 2.24) is 0 Å². The van der Waals surface area contributed by atoms with Gasteiger partial charge in [-0.05, 0) is 13.3 Å². The van der Waals surface area contributed by atoms with E-state index in [0.29, 0.717) is 0 Å². The van der Waals surface area contributed by atoms with Crippen molar-refractivity contribution in [2.24, 2.45) is 0 Å². The highest BCUT2D eigenvalue weighted by Gasteiger charge is 2.16. The van der Waals surface area contributed by atoms with E-state index in [-0.39, 0.29) is 24.8 Å². The summed E-state index contributed by atoms with van der Waals surface area (Å²) in [6.07, 6.45) is -0.409. The van der Waals surface area contributed by atoms with E-state index >= 15 is 0 Å². The van der Waals surface area contributed by atoms with E-state index < -0.39 is 13.6 Å². The second-order valence-electron chi connectivity index (χ2n) is 2.46. The first kappa shape index (κ1) is 12.4. The normalized spacial score (nSPS) is 11.0. The van der Waals surface area contributed by atoms with Crippen LogP contribution in [-0.4, -0.2) is 28.5 Å². The van der Waals surface area contributed by atoms with Gasteiger partial charge < -0.3 is 14.5 Å². The van der Waals surface area contributed by atoms with E-state index in [1.54, 1.807) is 6.92 Å². The van der Waals surface area contributed by atoms with Gasteiger partial charge in [0.2, 0.25) is 0 Å². The summed E-state index contributed by atoms with van der Waals surface area (Å²) in [4.78, 5) is 27.9. The fourth-order valence-electron chi connectivity index (χ4n) is 0.616. The monoisotopic (exact) mass is 208 g/mol. The van der Waals surface area contributed by atoms with Crippen molar-refractivity contribution < 1.29 is 23.9 Å². The second-order valence-corrected chi connectivity index (χ2v) is 4.24. The van der Waals surface area contributed by atoms with Crippen LogP contribution in [0.3, 0.4) is 0 Å². The van der Waals surface area contributed by atoms with Crippen molar-refractivity contribution in [2.75, 3.05) is 12.8 Å². The van der Waals surface area contributed by atoms with Gasteiger partial charge in [0.15, 0.2) is 0 Å². The minimum Gasteiger partial charge on any atom is -0.463 e. The molecule has 0 aliphatic heterocycles. The van der Waals surface area contributed by atoms with Crippen molar-refractivity contribution in [3.63, 3.8) is 0 Å². The highest BCUT2D eigenvalue weighted by molar-refractivity contribution is 7.51. The molecule has 0 spiro atoms. The van der Waals surface area contributed by atoms with Crippen LogP contribution in [0.2, 0.25) is 0 Å². The molecule has 0 aromatic rings. The zero-order chi connectivity index (χ0) is 10.5. The van der Waals surface area contributed by atoms with Crippen molar-refractivity contribution in [1.29, 1.82) is 0 Å². The van der Waals surface area contributed by atoms with Crippen molar-refractivity contribution >= 4 is 13.6 Å².